The van der Waals surface area contributed by atoms with E-state index in [9.17, 15) is 18.5 Å². The quantitative estimate of drug-likeness (QED) is 0.564. The smallest absolute Gasteiger partial charge is 0.275 e. The van der Waals surface area contributed by atoms with Crippen LogP contribution >= 0.6 is 11.6 Å². The number of hydrogen-bond donors (Lipinski definition) is 0. The van der Waals surface area contributed by atoms with Gasteiger partial charge in [0.05, 0.1) is 21.4 Å². The van der Waals surface area contributed by atoms with Crippen LogP contribution in [-0.2, 0) is 14.8 Å². The van der Waals surface area contributed by atoms with Gasteiger partial charge in [-0.2, -0.15) is 4.31 Å². The average molecular weight is 375 g/mol. The van der Waals surface area contributed by atoms with Gasteiger partial charge in [0.25, 0.3) is 5.69 Å². The van der Waals surface area contributed by atoms with E-state index in [1.165, 1.54) is 17.3 Å². The molecule has 1 saturated carbocycles. The normalized spacial score (nSPS) is 21.4. The van der Waals surface area contributed by atoms with Crippen LogP contribution in [0.3, 0.4) is 0 Å². The van der Waals surface area contributed by atoms with Crippen LogP contribution in [0, 0.1) is 23.0 Å². The van der Waals surface area contributed by atoms with Crippen LogP contribution in [0.5, 0.6) is 0 Å². The zero-order chi connectivity index (χ0) is 17.5. The van der Waals surface area contributed by atoms with E-state index >= 15 is 0 Å². The van der Waals surface area contributed by atoms with Crippen molar-refractivity contribution >= 4 is 27.3 Å². The highest BCUT2D eigenvalue weighted by Crippen LogP contribution is 2.36. The van der Waals surface area contributed by atoms with Gasteiger partial charge in [-0.3, -0.25) is 10.1 Å². The molecule has 1 unspecified atom stereocenters. The largest absolute Gasteiger partial charge is 0.381 e. The molecule has 1 aliphatic carbocycles. The Morgan fingerprint density at radius 3 is 2.62 bits per heavy atom. The molecule has 2 aliphatic rings. The Hall–Kier alpha value is -1.22. The molecule has 0 radical (unpaired) electrons. The minimum Gasteiger partial charge on any atom is -0.381 e. The molecule has 0 amide bonds. The van der Waals surface area contributed by atoms with Crippen molar-refractivity contribution in [3.05, 3.63) is 32.8 Å². The molecular weight excluding hydrogens is 356 g/mol. The zero-order valence-electron chi connectivity index (χ0n) is 13.3. The second-order valence-corrected chi connectivity index (χ2v) is 8.64. The maximum absolute atomic E-state index is 13.0. The van der Waals surface area contributed by atoms with Gasteiger partial charge < -0.3 is 4.74 Å². The SMILES string of the molecule is Cc1c(Cl)cc(S(=O)(=O)N(CC2CCOC2)C2CC2)cc1[N+](=O)[O-]. The van der Waals surface area contributed by atoms with E-state index in [2.05, 4.69) is 0 Å². The number of nitro benzene ring substituents is 1. The van der Waals surface area contributed by atoms with Crippen molar-refractivity contribution in [3.63, 3.8) is 0 Å². The Balaban J connectivity index is 1.97. The van der Waals surface area contributed by atoms with Gasteiger partial charge >= 0.3 is 0 Å². The lowest BCUT2D eigenvalue weighted by Gasteiger charge is -2.24. The van der Waals surface area contributed by atoms with Gasteiger partial charge in [0.1, 0.15) is 0 Å². The van der Waals surface area contributed by atoms with E-state index in [1.54, 1.807) is 0 Å². The van der Waals surface area contributed by atoms with Gasteiger partial charge in [-0.15, -0.1) is 0 Å². The predicted octanol–water partition coefficient (Wildman–Crippen LogP) is 2.75. The molecule has 132 valence electrons. The minimum absolute atomic E-state index is 0.0327. The summed E-state index contributed by atoms with van der Waals surface area (Å²) in [5, 5.41) is 11.3. The molecule has 1 atom stereocenters. The molecule has 2 fully saturated rings. The first-order valence-electron chi connectivity index (χ1n) is 7.85. The lowest BCUT2D eigenvalue weighted by Crippen LogP contribution is -2.37. The van der Waals surface area contributed by atoms with E-state index in [0.29, 0.717) is 19.8 Å². The van der Waals surface area contributed by atoms with Gasteiger partial charge in [0.2, 0.25) is 10.0 Å². The van der Waals surface area contributed by atoms with E-state index in [4.69, 9.17) is 16.3 Å². The molecule has 1 aromatic rings. The van der Waals surface area contributed by atoms with E-state index in [0.717, 1.165) is 25.3 Å². The van der Waals surface area contributed by atoms with E-state index in [-0.39, 0.29) is 33.1 Å². The minimum atomic E-state index is -3.83. The Morgan fingerprint density at radius 1 is 1.38 bits per heavy atom. The number of rotatable bonds is 6. The fourth-order valence-electron chi connectivity index (χ4n) is 2.90. The lowest BCUT2D eigenvalue weighted by atomic mass is 10.1. The van der Waals surface area contributed by atoms with Crippen molar-refractivity contribution in [2.75, 3.05) is 19.8 Å². The third kappa shape index (κ3) is 3.42. The summed E-state index contributed by atoms with van der Waals surface area (Å²) in [6.45, 7) is 3.08. The number of ether oxygens (including phenoxy) is 1. The fourth-order valence-corrected chi connectivity index (χ4v) is 4.99. The number of halogens is 1. The molecule has 1 saturated heterocycles. The number of benzene rings is 1. The molecule has 24 heavy (non-hydrogen) atoms. The summed E-state index contributed by atoms with van der Waals surface area (Å²) in [6.07, 6.45) is 2.45. The summed E-state index contributed by atoms with van der Waals surface area (Å²) < 4.78 is 32.9. The van der Waals surface area contributed by atoms with Crippen LogP contribution in [0.4, 0.5) is 5.69 Å². The van der Waals surface area contributed by atoms with Gasteiger partial charge in [-0.1, -0.05) is 11.6 Å². The van der Waals surface area contributed by atoms with Crippen LogP contribution in [-0.4, -0.2) is 43.4 Å². The molecule has 0 spiro atoms. The highest BCUT2D eigenvalue weighted by Gasteiger charge is 2.40. The zero-order valence-corrected chi connectivity index (χ0v) is 14.8. The monoisotopic (exact) mass is 374 g/mol. The molecule has 0 bridgehead atoms. The average Bonchev–Trinajstić information content (AvgIpc) is 3.22. The van der Waals surface area contributed by atoms with Crippen molar-refractivity contribution < 1.29 is 18.1 Å². The summed E-state index contributed by atoms with van der Waals surface area (Å²) in [5.74, 6) is 0.163. The molecule has 1 aliphatic heterocycles. The molecule has 0 aromatic heterocycles. The van der Waals surface area contributed by atoms with Crippen LogP contribution < -0.4 is 0 Å². The predicted molar refractivity (Wildman–Crippen MR) is 88.7 cm³/mol. The van der Waals surface area contributed by atoms with Crippen LogP contribution in [0.25, 0.3) is 0 Å². The van der Waals surface area contributed by atoms with Gasteiger partial charge in [0, 0.05) is 30.8 Å². The van der Waals surface area contributed by atoms with E-state index in [1.807, 2.05) is 0 Å². The number of sulfonamides is 1. The standard InChI is InChI=1S/C15H19ClN2O5S/c1-10-14(16)6-13(7-15(10)18(19)20)24(21,22)17(12-2-3-12)8-11-4-5-23-9-11/h6-7,11-12H,2-5,8-9H2,1H3. The number of nitrogens with zero attached hydrogens (tertiary/aromatic N) is 2. The molecular formula is C15H19ClN2O5S. The summed E-state index contributed by atoms with van der Waals surface area (Å²) in [4.78, 5) is 10.5. The summed E-state index contributed by atoms with van der Waals surface area (Å²) in [6, 6.07) is 2.38. The van der Waals surface area contributed by atoms with Gasteiger partial charge in [0.15, 0.2) is 0 Å². The maximum atomic E-state index is 13.0. The molecule has 0 N–H and O–H groups in total. The second-order valence-electron chi connectivity index (χ2n) is 6.34. The topological polar surface area (TPSA) is 89.8 Å². The maximum Gasteiger partial charge on any atom is 0.275 e. The number of hydrogen-bond acceptors (Lipinski definition) is 5. The highest BCUT2D eigenvalue weighted by atomic mass is 35.5. The first-order valence-corrected chi connectivity index (χ1v) is 9.66. The molecule has 3 rings (SSSR count). The van der Waals surface area contributed by atoms with Crippen molar-refractivity contribution in [1.29, 1.82) is 0 Å². The first-order chi connectivity index (χ1) is 11.3. The second kappa shape index (κ2) is 6.59. The summed E-state index contributed by atoms with van der Waals surface area (Å²) in [5.41, 5.74) is -0.0104. The van der Waals surface area contributed by atoms with Crippen LogP contribution in [0.15, 0.2) is 17.0 Å². The van der Waals surface area contributed by atoms with Gasteiger partial charge in [-0.05, 0) is 38.2 Å². The van der Waals surface area contributed by atoms with Crippen molar-refractivity contribution in [2.24, 2.45) is 5.92 Å². The molecule has 7 nitrogen and oxygen atoms in total. The molecule has 1 aromatic carbocycles. The first kappa shape index (κ1) is 17.6. The van der Waals surface area contributed by atoms with Gasteiger partial charge in [-0.25, -0.2) is 8.42 Å². The number of nitro groups is 1. The third-order valence-corrected chi connectivity index (χ3v) is 6.80. The van der Waals surface area contributed by atoms with E-state index < -0.39 is 14.9 Å². The van der Waals surface area contributed by atoms with Crippen LogP contribution in [0.1, 0.15) is 24.8 Å². The Bertz CT molecular complexity index is 757. The Morgan fingerprint density at radius 2 is 2.08 bits per heavy atom. The summed E-state index contributed by atoms with van der Waals surface area (Å²) >= 11 is 6.03. The van der Waals surface area contributed by atoms with Crippen molar-refractivity contribution in [2.45, 2.75) is 37.1 Å². The summed E-state index contributed by atoms with van der Waals surface area (Å²) in [7, 11) is -3.83. The molecule has 9 heteroatoms. The van der Waals surface area contributed by atoms with Crippen LogP contribution in [0.2, 0.25) is 5.02 Å². The van der Waals surface area contributed by atoms with Crippen molar-refractivity contribution in [1.82, 2.24) is 4.31 Å². The Kier molecular flexibility index (Phi) is 4.83. The van der Waals surface area contributed by atoms with Crippen molar-refractivity contribution in [3.8, 4) is 0 Å². The third-order valence-electron chi connectivity index (χ3n) is 4.51. The highest BCUT2D eigenvalue weighted by molar-refractivity contribution is 7.89. The molecule has 1 heterocycles. The fraction of sp³-hybridized carbons (Fsp3) is 0.600. The lowest BCUT2D eigenvalue weighted by molar-refractivity contribution is -0.385. The Labute approximate surface area is 145 Å².